The predicted molar refractivity (Wildman–Crippen MR) is 37.2 cm³/mol. The van der Waals surface area contributed by atoms with Crippen molar-refractivity contribution in [1.82, 2.24) is 0 Å². The van der Waals surface area contributed by atoms with Crippen molar-refractivity contribution in [2.45, 2.75) is 25.5 Å². The van der Waals surface area contributed by atoms with Crippen LogP contribution in [0.2, 0.25) is 12.6 Å². The van der Waals surface area contributed by atoms with E-state index in [-0.39, 0.29) is 0 Å². The summed E-state index contributed by atoms with van der Waals surface area (Å²) in [5.74, 6) is 4.24. The predicted octanol–water partition coefficient (Wildman–Crippen LogP) is 1.58. The first kappa shape index (κ1) is 5.35. The van der Waals surface area contributed by atoms with E-state index in [2.05, 4.69) is 5.97 Å². The van der Waals surface area contributed by atoms with Crippen LogP contribution in [0.1, 0.15) is 12.8 Å². The van der Waals surface area contributed by atoms with Gasteiger partial charge in [0.2, 0.25) is 0 Å². The van der Waals surface area contributed by atoms with E-state index in [1.807, 2.05) is 0 Å². The van der Waals surface area contributed by atoms with Gasteiger partial charge in [-0.25, -0.2) is 5.26 Å². The molecule has 1 nitrogen and oxygen atoms in total. The molecule has 0 aromatic carbocycles. The molecule has 0 spiro atoms. The van der Waals surface area contributed by atoms with E-state index < -0.39 is 0 Å². The second kappa shape index (κ2) is 1.77. The van der Waals surface area contributed by atoms with E-state index in [4.69, 9.17) is 5.26 Å². The number of nitriles is 1. The third-order valence-corrected chi connectivity index (χ3v) is 2.75. The lowest BCUT2D eigenvalue weighted by Crippen LogP contribution is -2.37. The van der Waals surface area contributed by atoms with Crippen LogP contribution in [-0.4, -0.2) is 6.71 Å². The Kier molecular flexibility index (Phi) is 1.05. The van der Waals surface area contributed by atoms with Crippen molar-refractivity contribution in [3.05, 3.63) is 0 Å². The first-order valence-corrected chi connectivity index (χ1v) is 3.78. The summed E-state index contributed by atoms with van der Waals surface area (Å²) in [6.07, 6.45) is 5.26. The summed E-state index contributed by atoms with van der Waals surface area (Å²) in [6.45, 7) is 0.419. The van der Waals surface area contributed by atoms with Gasteiger partial charge in [-0.3, -0.25) is 0 Å². The standard InChI is InChI=1S/C7H10BN/c9-5-8-3-6-1-7(2-6)4-8/h6-7H,1-4H2. The van der Waals surface area contributed by atoms with Crippen molar-refractivity contribution >= 4 is 6.71 Å². The summed E-state index contributed by atoms with van der Waals surface area (Å²) in [6, 6.07) is 0. The van der Waals surface area contributed by atoms with Crippen LogP contribution in [0.5, 0.6) is 0 Å². The summed E-state index contributed by atoms with van der Waals surface area (Å²) in [4.78, 5) is 0. The third-order valence-electron chi connectivity index (χ3n) is 2.75. The number of hydrogen-bond donors (Lipinski definition) is 0. The molecule has 2 bridgehead atoms. The molecule has 0 aromatic rings. The number of fused-ring (bicyclic) bond motifs is 2. The number of hydrogen-bond acceptors (Lipinski definition) is 1. The van der Waals surface area contributed by atoms with Crippen molar-refractivity contribution in [2.75, 3.05) is 0 Å². The minimum Gasteiger partial charge on any atom is -0.213 e. The van der Waals surface area contributed by atoms with Crippen LogP contribution >= 0.6 is 0 Å². The van der Waals surface area contributed by atoms with E-state index in [1.54, 1.807) is 0 Å². The van der Waals surface area contributed by atoms with Crippen LogP contribution < -0.4 is 0 Å². The maximum absolute atomic E-state index is 8.58. The monoisotopic (exact) mass is 119 g/mol. The van der Waals surface area contributed by atoms with Gasteiger partial charge in [0, 0.05) is 5.97 Å². The third kappa shape index (κ3) is 0.756. The van der Waals surface area contributed by atoms with E-state index in [1.165, 1.54) is 25.5 Å². The number of rotatable bonds is 0. The van der Waals surface area contributed by atoms with Gasteiger partial charge in [0.1, 0.15) is 0 Å². The van der Waals surface area contributed by atoms with Crippen molar-refractivity contribution in [1.29, 1.82) is 5.26 Å². The van der Waals surface area contributed by atoms with E-state index >= 15 is 0 Å². The van der Waals surface area contributed by atoms with Gasteiger partial charge in [-0.2, -0.15) is 0 Å². The molecule has 3 fully saturated rings. The molecule has 2 saturated heterocycles. The van der Waals surface area contributed by atoms with Gasteiger partial charge >= 0.3 is 0 Å². The fraction of sp³-hybridized carbons (Fsp3) is 0.857. The highest BCUT2D eigenvalue weighted by Crippen LogP contribution is 2.45. The molecule has 0 unspecified atom stereocenters. The van der Waals surface area contributed by atoms with Gasteiger partial charge in [-0.15, -0.1) is 0 Å². The van der Waals surface area contributed by atoms with Crippen molar-refractivity contribution in [3.8, 4) is 5.97 Å². The average Bonchev–Trinajstić information content (AvgIpc) is 1.87. The Morgan fingerprint density at radius 3 is 2.11 bits per heavy atom. The van der Waals surface area contributed by atoms with Crippen molar-refractivity contribution in [3.63, 3.8) is 0 Å². The molecule has 0 amide bonds. The molecule has 0 radical (unpaired) electrons. The molecular weight excluding hydrogens is 109 g/mol. The summed E-state index contributed by atoms with van der Waals surface area (Å²) in [7, 11) is 0. The highest BCUT2D eigenvalue weighted by atomic mass is 14.3. The molecule has 46 valence electrons. The number of nitrogens with zero attached hydrogens (tertiary/aromatic N) is 1. The van der Waals surface area contributed by atoms with E-state index in [0.29, 0.717) is 6.71 Å². The Morgan fingerprint density at radius 2 is 1.78 bits per heavy atom. The zero-order valence-corrected chi connectivity index (χ0v) is 5.51. The summed E-state index contributed by atoms with van der Waals surface area (Å²) in [5.41, 5.74) is 0. The Hall–Kier alpha value is -0.445. The molecule has 2 heteroatoms. The molecule has 2 heterocycles. The minimum absolute atomic E-state index is 0.419. The van der Waals surface area contributed by atoms with Crippen molar-refractivity contribution < 1.29 is 0 Å². The topological polar surface area (TPSA) is 23.8 Å². The van der Waals surface area contributed by atoms with Gasteiger partial charge in [0.05, 0.1) is 0 Å². The van der Waals surface area contributed by atoms with Crippen LogP contribution in [-0.2, 0) is 0 Å². The molecule has 0 N–H and O–H groups in total. The Bertz CT molecular complexity index is 145. The lowest BCUT2D eigenvalue weighted by Gasteiger charge is -2.42. The van der Waals surface area contributed by atoms with E-state index in [9.17, 15) is 0 Å². The first-order valence-electron chi connectivity index (χ1n) is 3.78. The van der Waals surface area contributed by atoms with Crippen molar-refractivity contribution in [2.24, 2.45) is 11.8 Å². The molecule has 1 saturated carbocycles. The van der Waals surface area contributed by atoms with Gasteiger partial charge in [0.25, 0.3) is 6.71 Å². The summed E-state index contributed by atoms with van der Waals surface area (Å²) in [5, 5.41) is 8.58. The molecule has 0 atom stereocenters. The maximum atomic E-state index is 8.58. The quantitative estimate of drug-likeness (QED) is 0.444. The van der Waals surface area contributed by atoms with Crippen LogP contribution in [0.25, 0.3) is 0 Å². The Balaban J connectivity index is 1.98. The maximum Gasteiger partial charge on any atom is 0.268 e. The lowest BCUT2D eigenvalue weighted by molar-refractivity contribution is 0.213. The zero-order chi connectivity index (χ0) is 6.27. The molecule has 3 aliphatic rings. The minimum atomic E-state index is 0.419. The SMILES string of the molecule is N#CB1CC2CC(C1)C2. The normalized spacial score (nSPS) is 39.2. The largest absolute Gasteiger partial charge is 0.268 e. The second-order valence-corrected chi connectivity index (χ2v) is 3.50. The summed E-state index contributed by atoms with van der Waals surface area (Å²) < 4.78 is 0. The molecule has 9 heavy (non-hydrogen) atoms. The van der Waals surface area contributed by atoms with E-state index in [0.717, 1.165) is 11.8 Å². The smallest absolute Gasteiger partial charge is 0.213 e. The zero-order valence-electron chi connectivity index (χ0n) is 5.51. The Morgan fingerprint density at radius 1 is 1.22 bits per heavy atom. The van der Waals surface area contributed by atoms with Gasteiger partial charge < -0.3 is 0 Å². The van der Waals surface area contributed by atoms with Gasteiger partial charge in [0.15, 0.2) is 0 Å². The van der Waals surface area contributed by atoms with Crippen LogP contribution in [0, 0.1) is 23.1 Å². The molecule has 0 aromatic heterocycles. The Labute approximate surface area is 56.1 Å². The van der Waals surface area contributed by atoms with Crippen LogP contribution in [0.15, 0.2) is 0 Å². The first-order chi connectivity index (χ1) is 4.38. The summed E-state index contributed by atoms with van der Waals surface area (Å²) >= 11 is 0. The molecular formula is C7H10BN. The van der Waals surface area contributed by atoms with Gasteiger partial charge in [-0.1, -0.05) is 12.6 Å². The molecule has 3 rings (SSSR count). The molecule has 1 aliphatic carbocycles. The fourth-order valence-corrected chi connectivity index (χ4v) is 2.27. The van der Waals surface area contributed by atoms with Crippen LogP contribution in [0.3, 0.4) is 0 Å². The van der Waals surface area contributed by atoms with Crippen LogP contribution in [0.4, 0.5) is 0 Å². The van der Waals surface area contributed by atoms with Gasteiger partial charge in [-0.05, 0) is 24.7 Å². The lowest BCUT2D eigenvalue weighted by atomic mass is 9.34. The second-order valence-electron chi connectivity index (χ2n) is 3.50. The highest BCUT2D eigenvalue weighted by molar-refractivity contribution is 6.67. The molecule has 2 aliphatic heterocycles. The average molecular weight is 119 g/mol. The fourth-order valence-electron chi connectivity index (χ4n) is 2.27. The highest BCUT2D eigenvalue weighted by Gasteiger charge is 2.39.